The Morgan fingerprint density at radius 3 is 3.00 bits per heavy atom. The summed E-state index contributed by atoms with van der Waals surface area (Å²) in [4.78, 5) is 2.43. The number of nitrogen functional groups attached to an aromatic ring is 1. The molecular weight excluding hydrogens is 224 g/mol. The summed E-state index contributed by atoms with van der Waals surface area (Å²) in [5, 5.41) is 0. The van der Waals surface area contributed by atoms with E-state index in [2.05, 4.69) is 30.9 Å². The van der Waals surface area contributed by atoms with Gasteiger partial charge in [0, 0.05) is 24.5 Å². The van der Waals surface area contributed by atoms with Crippen LogP contribution in [-0.4, -0.2) is 24.8 Å². The Morgan fingerprint density at radius 1 is 1.44 bits per heavy atom. The molecule has 0 spiro atoms. The Hall–Kier alpha value is -1.22. The van der Waals surface area contributed by atoms with Gasteiger partial charge in [0.2, 0.25) is 0 Å². The third-order valence-electron chi connectivity index (χ3n) is 4.08. The Balaban J connectivity index is 1.71. The highest BCUT2D eigenvalue weighted by Gasteiger charge is 2.33. The van der Waals surface area contributed by atoms with E-state index in [4.69, 9.17) is 10.5 Å². The molecule has 2 N–H and O–H groups in total. The fourth-order valence-corrected chi connectivity index (χ4v) is 3.10. The van der Waals surface area contributed by atoms with Gasteiger partial charge in [0.05, 0.1) is 11.7 Å². The second kappa shape index (κ2) is 4.16. The summed E-state index contributed by atoms with van der Waals surface area (Å²) in [5.74, 6) is 0. The van der Waals surface area contributed by atoms with E-state index in [1.54, 1.807) is 0 Å². The second-order valence-electron chi connectivity index (χ2n) is 6.12. The predicted molar refractivity (Wildman–Crippen MR) is 75.0 cm³/mol. The zero-order chi connectivity index (χ0) is 12.8. The van der Waals surface area contributed by atoms with Gasteiger partial charge in [0.1, 0.15) is 0 Å². The summed E-state index contributed by atoms with van der Waals surface area (Å²) in [5.41, 5.74) is 9.53. The van der Waals surface area contributed by atoms with E-state index in [-0.39, 0.29) is 5.60 Å². The van der Waals surface area contributed by atoms with Gasteiger partial charge < -0.3 is 15.4 Å². The van der Waals surface area contributed by atoms with Crippen LogP contribution in [0.25, 0.3) is 0 Å². The van der Waals surface area contributed by atoms with Gasteiger partial charge in [-0.2, -0.15) is 0 Å². The molecule has 1 aromatic rings. The Kier molecular flexibility index (Phi) is 2.74. The molecule has 1 atom stereocenters. The number of benzene rings is 1. The number of hydrogen-bond donors (Lipinski definition) is 1. The molecule has 1 aromatic carbocycles. The minimum absolute atomic E-state index is 0.0585. The zero-order valence-corrected chi connectivity index (χ0v) is 11.3. The molecule has 1 unspecified atom stereocenters. The van der Waals surface area contributed by atoms with Gasteiger partial charge in [0.15, 0.2) is 0 Å². The molecule has 0 amide bonds. The predicted octanol–water partition coefficient (Wildman–Crippen LogP) is 2.59. The quantitative estimate of drug-likeness (QED) is 0.815. The van der Waals surface area contributed by atoms with Crippen LogP contribution in [0.3, 0.4) is 0 Å². The number of rotatable bonds is 2. The summed E-state index contributed by atoms with van der Waals surface area (Å²) in [7, 11) is 0. The van der Waals surface area contributed by atoms with Crippen molar-refractivity contribution in [1.29, 1.82) is 0 Å². The molecule has 1 saturated heterocycles. The number of fused-ring (bicyclic) bond motifs is 1. The number of anilines is 2. The maximum atomic E-state index is 6.08. The van der Waals surface area contributed by atoms with Crippen molar-refractivity contribution >= 4 is 11.4 Å². The van der Waals surface area contributed by atoms with Crippen molar-refractivity contribution in [2.24, 2.45) is 0 Å². The monoisotopic (exact) mass is 246 g/mol. The highest BCUT2D eigenvalue weighted by molar-refractivity contribution is 5.64. The molecular formula is C15H22N2O. The Morgan fingerprint density at radius 2 is 2.28 bits per heavy atom. The molecule has 3 rings (SSSR count). The standard InChI is InChI=1S/C15H22N2O/c1-15(2)7-5-13(18-15)10-17-8-6-11-3-4-12(16)9-14(11)17/h3-4,9,13H,5-8,10,16H2,1-2H3. The van der Waals surface area contributed by atoms with Crippen LogP contribution in [0, 0.1) is 0 Å². The lowest BCUT2D eigenvalue weighted by molar-refractivity contribution is -0.0114. The lowest BCUT2D eigenvalue weighted by Crippen LogP contribution is -2.32. The van der Waals surface area contributed by atoms with Crippen LogP contribution in [0.15, 0.2) is 18.2 Å². The van der Waals surface area contributed by atoms with Crippen molar-refractivity contribution in [3.63, 3.8) is 0 Å². The van der Waals surface area contributed by atoms with Crippen LogP contribution in [0.4, 0.5) is 11.4 Å². The Bertz CT molecular complexity index is 456. The molecule has 2 aliphatic rings. The normalized spacial score (nSPS) is 25.4. The van der Waals surface area contributed by atoms with E-state index in [0.717, 1.165) is 31.6 Å². The molecule has 2 heterocycles. The SMILES string of the molecule is CC1(C)CCC(CN2CCc3ccc(N)cc32)O1. The van der Waals surface area contributed by atoms with E-state index >= 15 is 0 Å². The van der Waals surface area contributed by atoms with Gasteiger partial charge in [-0.25, -0.2) is 0 Å². The first-order valence-electron chi connectivity index (χ1n) is 6.85. The van der Waals surface area contributed by atoms with Crippen LogP contribution >= 0.6 is 0 Å². The lowest BCUT2D eigenvalue weighted by Gasteiger charge is -2.25. The molecule has 98 valence electrons. The molecule has 18 heavy (non-hydrogen) atoms. The minimum Gasteiger partial charge on any atom is -0.399 e. The highest BCUT2D eigenvalue weighted by Crippen LogP contribution is 2.34. The first-order valence-corrected chi connectivity index (χ1v) is 6.85. The van der Waals surface area contributed by atoms with E-state index in [9.17, 15) is 0 Å². The smallest absolute Gasteiger partial charge is 0.0758 e. The minimum atomic E-state index is 0.0585. The van der Waals surface area contributed by atoms with Crippen LogP contribution < -0.4 is 10.6 Å². The zero-order valence-electron chi connectivity index (χ0n) is 11.3. The summed E-state index contributed by atoms with van der Waals surface area (Å²) in [6, 6.07) is 6.25. The molecule has 0 saturated carbocycles. The fraction of sp³-hybridized carbons (Fsp3) is 0.600. The maximum absolute atomic E-state index is 6.08. The first-order chi connectivity index (χ1) is 8.53. The van der Waals surface area contributed by atoms with Gasteiger partial charge in [0.25, 0.3) is 0 Å². The summed E-state index contributed by atoms with van der Waals surface area (Å²) in [6.07, 6.45) is 3.83. The fourth-order valence-electron chi connectivity index (χ4n) is 3.10. The molecule has 3 nitrogen and oxygen atoms in total. The van der Waals surface area contributed by atoms with Crippen molar-refractivity contribution in [2.75, 3.05) is 23.7 Å². The lowest BCUT2D eigenvalue weighted by atomic mass is 10.1. The van der Waals surface area contributed by atoms with Crippen molar-refractivity contribution < 1.29 is 4.74 Å². The number of nitrogens with two attached hydrogens (primary N) is 1. The molecule has 2 aliphatic heterocycles. The van der Waals surface area contributed by atoms with Gasteiger partial charge in [-0.1, -0.05) is 6.07 Å². The van der Waals surface area contributed by atoms with Gasteiger partial charge in [-0.3, -0.25) is 0 Å². The second-order valence-corrected chi connectivity index (χ2v) is 6.12. The average Bonchev–Trinajstić information content (AvgIpc) is 2.84. The third-order valence-corrected chi connectivity index (χ3v) is 4.08. The van der Waals surface area contributed by atoms with Crippen LogP contribution in [-0.2, 0) is 11.2 Å². The largest absolute Gasteiger partial charge is 0.399 e. The van der Waals surface area contributed by atoms with Crippen molar-refractivity contribution in [1.82, 2.24) is 0 Å². The first kappa shape index (κ1) is 11.8. The maximum Gasteiger partial charge on any atom is 0.0758 e. The van der Waals surface area contributed by atoms with Gasteiger partial charge in [-0.05, 0) is 50.8 Å². The summed E-state index contributed by atoms with van der Waals surface area (Å²) in [6.45, 7) is 6.46. The number of hydrogen-bond acceptors (Lipinski definition) is 3. The number of ether oxygens (including phenoxy) is 1. The Labute approximate surface area is 109 Å². The summed E-state index contributed by atoms with van der Waals surface area (Å²) < 4.78 is 6.08. The van der Waals surface area contributed by atoms with Gasteiger partial charge in [-0.15, -0.1) is 0 Å². The van der Waals surface area contributed by atoms with Crippen molar-refractivity contribution in [3.8, 4) is 0 Å². The average molecular weight is 246 g/mol. The van der Waals surface area contributed by atoms with E-state index in [0.29, 0.717) is 6.10 Å². The van der Waals surface area contributed by atoms with E-state index < -0.39 is 0 Å². The number of nitrogens with zero attached hydrogens (tertiary/aromatic N) is 1. The molecule has 0 aromatic heterocycles. The molecule has 1 fully saturated rings. The molecule has 0 bridgehead atoms. The van der Waals surface area contributed by atoms with Crippen LogP contribution in [0.5, 0.6) is 0 Å². The third kappa shape index (κ3) is 2.19. The molecule has 0 aliphatic carbocycles. The van der Waals surface area contributed by atoms with Crippen molar-refractivity contribution in [2.45, 2.75) is 44.8 Å². The van der Waals surface area contributed by atoms with Crippen LogP contribution in [0.2, 0.25) is 0 Å². The van der Waals surface area contributed by atoms with Crippen molar-refractivity contribution in [3.05, 3.63) is 23.8 Å². The topological polar surface area (TPSA) is 38.5 Å². The van der Waals surface area contributed by atoms with E-state index in [1.807, 2.05) is 6.07 Å². The van der Waals surface area contributed by atoms with Crippen LogP contribution in [0.1, 0.15) is 32.3 Å². The highest BCUT2D eigenvalue weighted by atomic mass is 16.5. The molecule has 0 radical (unpaired) electrons. The van der Waals surface area contributed by atoms with E-state index in [1.165, 1.54) is 17.7 Å². The van der Waals surface area contributed by atoms with Gasteiger partial charge >= 0.3 is 0 Å². The summed E-state index contributed by atoms with van der Waals surface area (Å²) >= 11 is 0. The molecule has 3 heteroatoms.